The fourth-order valence-corrected chi connectivity index (χ4v) is 4.54. The van der Waals surface area contributed by atoms with Gasteiger partial charge < -0.3 is 15.1 Å². The fraction of sp³-hybridized carbons (Fsp3) is 0.571. The lowest BCUT2D eigenvalue weighted by Gasteiger charge is -2.36. The van der Waals surface area contributed by atoms with Crippen molar-refractivity contribution < 1.29 is 4.79 Å². The number of aromatic nitrogens is 2. The molecule has 3 rings (SSSR count). The minimum atomic E-state index is 0. The quantitative estimate of drug-likeness (QED) is 0.306. The average molecular weight is 560 g/mol. The van der Waals surface area contributed by atoms with Crippen molar-refractivity contribution in [2.24, 2.45) is 12.0 Å². The Bertz CT molecular complexity index is 835. The molecule has 1 N–H and O–H groups in total. The Hall–Kier alpha value is -1.66. The molecule has 0 saturated carbocycles. The molecule has 0 aromatic carbocycles. The molecule has 1 aliphatic heterocycles. The van der Waals surface area contributed by atoms with E-state index in [0.29, 0.717) is 19.6 Å². The summed E-state index contributed by atoms with van der Waals surface area (Å²) >= 11 is 1.72. The zero-order valence-corrected chi connectivity index (χ0v) is 22.0. The van der Waals surface area contributed by atoms with Crippen molar-refractivity contribution in [2.75, 3.05) is 50.7 Å². The average Bonchev–Trinajstić information content (AvgIpc) is 3.42. The lowest BCUT2D eigenvalue weighted by molar-refractivity contribution is -0.120. The van der Waals surface area contributed by atoms with Crippen LogP contribution in [0.1, 0.15) is 32.4 Å². The van der Waals surface area contributed by atoms with Crippen molar-refractivity contribution in [3.05, 3.63) is 34.8 Å². The van der Waals surface area contributed by atoms with E-state index in [1.54, 1.807) is 27.1 Å². The van der Waals surface area contributed by atoms with Gasteiger partial charge in [-0.1, -0.05) is 13.8 Å². The first-order valence-corrected chi connectivity index (χ1v) is 11.6. The predicted octanol–water partition coefficient (Wildman–Crippen LogP) is 2.80. The fourth-order valence-electron chi connectivity index (χ4n) is 3.83. The van der Waals surface area contributed by atoms with Crippen LogP contribution in [-0.4, -0.2) is 77.3 Å². The highest BCUT2D eigenvalue weighted by Crippen LogP contribution is 2.23. The molecule has 8 nitrogen and oxygen atoms in total. The molecule has 0 aliphatic carbocycles. The van der Waals surface area contributed by atoms with E-state index in [0.717, 1.165) is 37.8 Å². The van der Waals surface area contributed by atoms with Crippen LogP contribution in [0.4, 0.5) is 5.69 Å². The van der Waals surface area contributed by atoms with Crippen LogP contribution < -0.4 is 10.2 Å². The minimum absolute atomic E-state index is 0. The summed E-state index contributed by atoms with van der Waals surface area (Å²) in [6, 6.07) is 2.43. The monoisotopic (exact) mass is 559 g/mol. The molecule has 2 aromatic rings. The van der Waals surface area contributed by atoms with Gasteiger partial charge in [0.1, 0.15) is 6.54 Å². The molecule has 0 radical (unpaired) electrons. The molecule has 2 aromatic heterocycles. The van der Waals surface area contributed by atoms with Gasteiger partial charge in [-0.15, -0.1) is 24.0 Å². The van der Waals surface area contributed by atoms with E-state index >= 15 is 0 Å². The lowest BCUT2D eigenvalue weighted by Crippen LogP contribution is -2.55. The maximum absolute atomic E-state index is 12.8. The van der Waals surface area contributed by atoms with Gasteiger partial charge in [-0.05, 0) is 42.4 Å². The number of nitrogens with one attached hydrogen (secondary N) is 1. The Kier molecular flexibility index (Phi) is 10.2. The molecule has 31 heavy (non-hydrogen) atoms. The molecule has 10 heteroatoms. The maximum atomic E-state index is 12.8. The Morgan fingerprint density at radius 3 is 2.65 bits per heavy atom. The molecule has 0 bridgehead atoms. The summed E-state index contributed by atoms with van der Waals surface area (Å²) < 4.78 is 1.72. The molecule has 1 fully saturated rings. The lowest BCUT2D eigenvalue weighted by atomic mass is 10.1. The molecule has 1 amide bonds. The second-order valence-corrected chi connectivity index (χ2v) is 8.11. The molecule has 172 valence electrons. The summed E-state index contributed by atoms with van der Waals surface area (Å²) in [7, 11) is 1.86. The highest BCUT2D eigenvalue weighted by Gasteiger charge is 2.28. The number of aryl methyl sites for hydroxylation is 1. The number of nitrogens with zero attached hydrogens (tertiary/aromatic N) is 6. The zero-order chi connectivity index (χ0) is 21.5. The summed E-state index contributed by atoms with van der Waals surface area (Å²) in [6.45, 7) is 11.5. The van der Waals surface area contributed by atoms with Gasteiger partial charge in [-0.3, -0.25) is 19.4 Å². The van der Waals surface area contributed by atoms with Crippen molar-refractivity contribution >= 4 is 52.9 Å². The van der Waals surface area contributed by atoms with Crippen LogP contribution in [0, 0.1) is 0 Å². The first kappa shape index (κ1) is 25.6. The molecule has 3 heterocycles. The van der Waals surface area contributed by atoms with Crippen molar-refractivity contribution in [2.45, 2.75) is 26.8 Å². The van der Waals surface area contributed by atoms with Crippen molar-refractivity contribution in [1.82, 2.24) is 24.9 Å². The number of thiophene rings is 1. The van der Waals surface area contributed by atoms with Crippen LogP contribution in [0.2, 0.25) is 0 Å². The third kappa shape index (κ3) is 6.42. The van der Waals surface area contributed by atoms with Crippen molar-refractivity contribution in [1.29, 1.82) is 0 Å². The van der Waals surface area contributed by atoms with Crippen LogP contribution >= 0.6 is 35.3 Å². The van der Waals surface area contributed by atoms with Gasteiger partial charge >= 0.3 is 0 Å². The number of aliphatic imine (C=N–C) groups is 1. The first-order chi connectivity index (χ1) is 14.6. The van der Waals surface area contributed by atoms with E-state index in [1.807, 2.05) is 13.2 Å². The second-order valence-electron chi connectivity index (χ2n) is 7.33. The standard InChI is InChI=1S/C21H33N7OS.HI/c1-5-22-21(23-13-19(26(6-2)7-3)17-8-11-30-16-17)27-9-10-28(20(29)15-27)18-12-24-25(4)14-18;/h8,11-12,14,16,19H,5-7,9-10,13,15H2,1-4H3,(H,22,23);1H. The molecule has 1 unspecified atom stereocenters. The van der Waals surface area contributed by atoms with E-state index in [9.17, 15) is 4.79 Å². The highest BCUT2D eigenvalue weighted by atomic mass is 127. The number of anilines is 1. The number of amides is 1. The van der Waals surface area contributed by atoms with E-state index in [2.05, 4.69) is 57.8 Å². The zero-order valence-electron chi connectivity index (χ0n) is 18.8. The molecule has 1 saturated heterocycles. The third-order valence-electron chi connectivity index (χ3n) is 5.45. The second kappa shape index (κ2) is 12.4. The van der Waals surface area contributed by atoms with Crippen LogP contribution in [0.5, 0.6) is 0 Å². The number of carbonyl (C=O) groups is 1. The van der Waals surface area contributed by atoms with Gasteiger partial charge in [-0.25, -0.2) is 0 Å². The summed E-state index contributed by atoms with van der Waals surface area (Å²) in [5.41, 5.74) is 2.16. The van der Waals surface area contributed by atoms with Crippen LogP contribution in [0.3, 0.4) is 0 Å². The van der Waals surface area contributed by atoms with Gasteiger partial charge in [0, 0.05) is 32.9 Å². The van der Waals surface area contributed by atoms with E-state index < -0.39 is 0 Å². The SMILES string of the molecule is CCNC(=NCC(c1ccsc1)N(CC)CC)N1CCN(c2cnn(C)c2)C(=O)C1.I. The van der Waals surface area contributed by atoms with Crippen LogP contribution in [0.15, 0.2) is 34.2 Å². The Labute approximate surface area is 206 Å². The Balaban J connectivity index is 0.00000341. The molecular formula is C21H34IN7OS. The number of hydrogen-bond donors (Lipinski definition) is 1. The molecular weight excluding hydrogens is 525 g/mol. The number of halogens is 1. The van der Waals surface area contributed by atoms with Gasteiger partial charge in [0.15, 0.2) is 5.96 Å². The largest absolute Gasteiger partial charge is 0.357 e. The smallest absolute Gasteiger partial charge is 0.246 e. The normalized spacial score (nSPS) is 15.9. The molecule has 1 aliphatic rings. The molecule has 1 atom stereocenters. The van der Waals surface area contributed by atoms with E-state index in [-0.39, 0.29) is 35.9 Å². The number of likely N-dealkylation sites (N-methyl/N-ethyl adjacent to an activating group) is 1. The minimum Gasteiger partial charge on any atom is -0.357 e. The number of hydrogen-bond acceptors (Lipinski definition) is 5. The van der Waals surface area contributed by atoms with Gasteiger partial charge in [-0.2, -0.15) is 16.4 Å². The van der Waals surface area contributed by atoms with Crippen molar-refractivity contribution in [3.8, 4) is 0 Å². The number of piperazine rings is 1. The van der Waals surface area contributed by atoms with Gasteiger partial charge in [0.25, 0.3) is 0 Å². The predicted molar refractivity (Wildman–Crippen MR) is 139 cm³/mol. The summed E-state index contributed by atoms with van der Waals surface area (Å²) in [5.74, 6) is 0.877. The van der Waals surface area contributed by atoms with E-state index in [4.69, 9.17) is 4.99 Å². The van der Waals surface area contributed by atoms with Crippen molar-refractivity contribution in [3.63, 3.8) is 0 Å². The van der Waals surface area contributed by atoms with Gasteiger partial charge in [0.05, 0.1) is 24.5 Å². The maximum Gasteiger partial charge on any atom is 0.246 e. The number of rotatable bonds is 8. The van der Waals surface area contributed by atoms with Gasteiger partial charge in [0.2, 0.25) is 5.91 Å². The third-order valence-corrected chi connectivity index (χ3v) is 6.15. The number of carbonyl (C=O) groups excluding carboxylic acids is 1. The molecule has 0 spiro atoms. The summed E-state index contributed by atoms with van der Waals surface area (Å²) in [4.78, 5) is 24.1. The first-order valence-electron chi connectivity index (χ1n) is 10.7. The van der Waals surface area contributed by atoms with Crippen LogP contribution in [0.25, 0.3) is 0 Å². The van der Waals surface area contributed by atoms with Crippen LogP contribution in [-0.2, 0) is 11.8 Å². The Morgan fingerprint density at radius 2 is 2.10 bits per heavy atom. The summed E-state index contributed by atoms with van der Waals surface area (Å²) in [5, 5.41) is 11.9. The van der Waals surface area contributed by atoms with E-state index in [1.165, 1.54) is 5.56 Å². The highest BCUT2D eigenvalue weighted by molar-refractivity contribution is 14.0. The number of guanidine groups is 1. The Morgan fingerprint density at radius 1 is 1.32 bits per heavy atom. The topological polar surface area (TPSA) is 69.0 Å². The summed E-state index contributed by atoms with van der Waals surface area (Å²) in [6.07, 6.45) is 3.62.